The number of carboxylic acid groups (broad SMARTS) is 1. The Bertz CT molecular complexity index is 1620. The maximum absolute atomic E-state index is 13.4. The van der Waals surface area contributed by atoms with Crippen molar-refractivity contribution >= 4 is 34.2 Å². The monoisotopic (exact) mass is 512 g/mol. The number of fused-ring (bicyclic) bond motifs is 2. The normalized spacial score (nSPS) is 18.9. The van der Waals surface area contributed by atoms with Crippen molar-refractivity contribution in [2.45, 2.75) is 47.9 Å². The molecule has 1 saturated carbocycles. The molecule has 8 heteroatoms. The van der Waals surface area contributed by atoms with Gasteiger partial charge in [0.15, 0.2) is 0 Å². The number of benzene rings is 3. The lowest BCUT2D eigenvalue weighted by atomic mass is 9.94. The van der Waals surface area contributed by atoms with Crippen molar-refractivity contribution < 1.29 is 14.8 Å². The zero-order chi connectivity index (χ0) is 25.7. The standard InChI is InChI=1S/C29H24N2O5S/c32-26-15-20(14-19-8-5-7-17-6-1-2-9-21(17)19)27(18-12-13-18)28-30(26)24(29(33)34)16-25(37-28)22-10-3-4-11-23(22)31(35)36/h1-11,15,18,24-25H,12-14,16H2,(H,33,34). The molecule has 2 atom stereocenters. The van der Waals surface area contributed by atoms with E-state index >= 15 is 0 Å². The average molecular weight is 513 g/mol. The Kier molecular flexibility index (Phi) is 5.83. The van der Waals surface area contributed by atoms with Crippen LogP contribution in [-0.4, -0.2) is 20.6 Å². The van der Waals surface area contributed by atoms with Gasteiger partial charge in [-0.3, -0.25) is 19.5 Å². The highest BCUT2D eigenvalue weighted by molar-refractivity contribution is 7.99. The first-order chi connectivity index (χ1) is 17.9. The van der Waals surface area contributed by atoms with Gasteiger partial charge in [0.25, 0.3) is 11.2 Å². The molecule has 1 N–H and O–H groups in total. The molecule has 0 amide bonds. The fraction of sp³-hybridized carbons (Fsp3) is 0.241. The molecule has 6 rings (SSSR count). The van der Waals surface area contributed by atoms with E-state index in [2.05, 4.69) is 24.3 Å². The minimum absolute atomic E-state index is 0.0279. The van der Waals surface area contributed by atoms with Crippen molar-refractivity contribution in [3.63, 3.8) is 0 Å². The number of aliphatic carboxylic acids is 1. The molecule has 37 heavy (non-hydrogen) atoms. The number of rotatable bonds is 6. The third kappa shape index (κ3) is 4.21. The largest absolute Gasteiger partial charge is 0.480 e. The van der Waals surface area contributed by atoms with Gasteiger partial charge in [-0.05, 0) is 59.1 Å². The van der Waals surface area contributed by atoms with Crippen molar-refractivity contribution in [3.8, 4) is 0 Å². The zero-order valence-electron chi connectivity index (χ0n) is 19.9. The number of carbonyl (C=O) groups is 1. The lowest BCUT2D eigenvalue weighted by Gasteiger charge is -2.33. The van der Waals surface area contributed by atoms with Gasteiger partial charge in [-0.1, -0.05) is 72.4 Å². The molecule has 1 fully saturated rings. The number of carboxylic acids is 1. The molecule has 1 aromatic heterocycles. The molecule has 2 aliphatic rings. The van der Waals surface area contributed by atoms with Crippen LogP contribution in [-0.2, 0) is 11.2 Å². The van der Waals surface area contributed by atoms with Crippen LogP contribution in [0, 0.1) is 10.1 Å². The highest BCUT2D eigenvalue weighted by Gasteiger charge is 2.40. The van der Waals surface area contributed by atoms with E-state index in [4.69, 9.17) is 0 Å². The SMILES string of the molecule is O=C(O)C1CC(c2ccccc2[N+](=O)[O-])Sc2c(C3CC3)c(Cc3cccc4ccccc34)cc(=O)n21. The molecule has 2 heterocycles. The Morgan fingerprint density at radius 1 is 1.03 bits per heavy atom. The lowest BCUT2D eigenvalue weighted by molar-refractivity contribution is -0.385. The molecule has 0 bridgehead atoms. The van der Waals surface area contributed by atoms with Crippen molar-refractivity contribution in [2.24, 2.45) is 0 Å². The second-order valence-electron chi connectivity index (χ2n) is 9.70. The second-order valence-corrected chi connectivity index (χ2v) is 10.9. The summed E-state index contributed by atoms with van der Waals surface area (Å²) >= 11 is 1.40. The summed E-state index contributed by atoms with van der Waals surface area (Å²) in [6, 6.07) is 21.3. The Morgan fingerprint density at radius 2 is 1.76 bits per heavy atom. The summed E-state index contributed by atoms with van der Waals surface area (Å²) in [5, 5.41) is 24.3. The van der Waals surface area contributed by atoms with Crippen LogP contribution >= 0.6 is 11.8 Å². The molecular formula is C29H24N2O5S. The minimum Gasteiger partial charge on any atom is -0.480 e. The predicted molar refractivity (Wildman–Crippen MR) is 142 cm³/mol. The van der Waals surface area contributed by atoms with Gasteiger partial charge >= 0.3 is 5.97 Å². The van der Waals surface area contributed by atoms with E-state index < -0.39 is 22.2 Å². The van der Waals surface area contributed by atoms with E-state index in [0.29, 0.717) is 17.0 Å². The lowest BCUT2D eigenvalue weighted by Crippen LogP contribution is -2.35. The van der Waals surface area contributed by atoms with Crippen LogP contribution in [0.5, 0.6) is 0 Å². The number of hydrogen-bond donors (Lipinski definition) is 1. The average Bonchev–Trinajstić information content (AvgIpc) is 3.73. The maximum atomic E-state index is 13.4. The van der Waals surface area contributed by atoms with Gasteiger partial charge in [-0.2, -0.15) is 0 Å². The van der Waals surface area contributed by atoms with Gasteiger partial charge in [0.05, 0.1) is 9.95 Å². The molecule has 186 valence electrons. The predicted octanol–water partition coefficient (Wildman–Crippen LogP) is 6.24. The third-order valence-electron chi connectivity index (χ3n) is 7.35. The Hall–Kier alpha value is -3.91. The molecule has 1 aliphatic carbocycles. The molecule has 0 radical (unpaired) electrons. The van der Waals surface area contributed by atoms with Crippen LogP contribution in [0.2, 0.25) is 0 Å². The van der Waals surface area contributed by atoms with Gasteiger partial charge in [0.2, 0.25) is 0 Å². The molecule has 7 nitrogen and oxygen atoms in total. The van der Waals surface area contributed by atoms with Crippen molar-refractivity contribution in [3.05, 3.63) is 116 Å². The third-order valence-corrected chi connectivity index (χ3v) is 8.72. The number of aromatic nitrogens is 1. The van der Waals surface area contributed by atoms with Gasteiger partial charge in [-0.15, -0.1) is 0 Å². The van der Waals surface area contributed by atoms with E-state index in [1.165, 1.54) is 22.4 Å². The fourth-order valence-corrected chi connectivity index (χ4v) is 7.13. The summed E-state index contributed by atoms with van der Waals surface area (Å²) in [7, 11) is 0. The molecular weight excluding hydrogens is 488 g/mol. The highest BCUT2D eigenvalue weighted by Crippen LogP contribution is 2.54. The van der Waals surface area contributed by atoms with E-state index in [9.17, 15) is 24.8 Å². The van der Waals surface area contributed by atoms with Crippen LogP contribution in [0.1, 0.15) is 58.7 Å². The number of pyridine rings is 1. The van der Waals surface area contributed by atoms with Crippen LogP contribution in [0.3, 0.4) is 0 Å². The smallest absolute Gasteiger partial charge is 0.326 e. The van der Waals surface area contributed by atoms with Crippen LogP contribution < -0.4 is 5.56 Å². The van der Waals surface area contributed by atoms with Crippen molar-refractivity contribution in [1.82, 2.24) is 4.57 Å². The number of nitrogens with zero attached hydrogens (tertiary/aromatic N) is 2. The first-order valence-corrected chi connectivity index (χ1v) is 13.2. The molecule has 0 spiro atoms. The van der Waals surface area contributed by atoms with E-state index in [1.54, 1.807) is 24.3 Å². The van der Waals surface area contributed by atoms with Crippen molar-refractivity contribution in [2.75, 3.05) is 0 Å². The van der Waals surface area contributed by atoms with E-state index in [1.807, 2.05) is 18.2 Å². The number of nitro groups is 1. The van der Waals surface area contributed by atoms with E-state index in [-0.39, 0.29) is 23.6 Å². The molecule has 0 saturated heterocycles. The topological polar surface area (TPSA) is 102 Å². The number of hydrogen-bond acceptors (Lipinski definition) is 5. The summed E-state index contributed by atoms with van der Waals surface area (Å²) in [5.41, 5.74) is 3.16. The number of para-hydroxylation sites is 1. The first kappa shape index (κ1) is 23.5. The van der Waals surface area contributed by atoms with Gasteiger partial charge < -0.3 is 5.11 Å². The first-order valence-electron chi connectivity index (χ1n) is 12.3. The van der Waals surface area contributed by atoms with Gasteiger partial charge in [-0.25, -0.2) is 4.79 Å². The van der Waals surface area contributed by atoms with Gasteiger partial charge in [0, 0.05) is 22.9 Å². The van der Waals surface area contributed by atoms with E-state index in [0.717, 1.165) is 40.3 Å². The Balaban J connectivity index is 1.52. The zero-order valence-corrected chi connectivity index (χ0v) is 20.7. The molecule has 1 aliphatic heterocycles. The van der Waals surface area contributed by atoms with Gasteiger partial charge in [0.1, 0.15) is 6.04 Å². The summed E-state index contributed by atoms with van der Waals surface area (Å²) in [5.74, 6) is -0.853. The summed E-state index contributed by atoms with van der Waals surface area (Å²) < 4.78 is 1.42. The molecule has 2 unspecified atom stereocenters. The quantitative estimate of drug-likeness (QED) is 0.242. The maximum Gasteiger partial charge on any atom is 0.326 e. The van der Waals surface area contributed by atoms with Crippen molar-refractivity contribution in [1.29, 1.82) is 0 Å². The second kappa shape index (κ2) is 9.19. The Labute approximate surface area is 216 Å². The molecule has 4 aromatic rings. The number of thioether (sulfide) groups is 1. The molecule has 3 aromatic carbocycles. The number of nitro benzene ring substituents is 1. The summed E-state index contributed by atoms with van der Waals surface area (Å²) in [6.45, 7) is 0. The fourth-order valence-electron chi connectivity index (χ4n) is 5.50. The summed E-state index contributed by atoms with van der Waals surface area (Å²) in [6.07, 6.45) is 2.61. The van der Waals surface area contributed by atoms with Crippen LogP contribution in [0.25, 0.3) is 10.8 Å². The van der Waals surface area contributed by atoms with Crippen LogP contribution in [0.15, 0.2) is 82.6 Å². The minimum atomic E-state index is -1.10. The summed E-state index contributed by atoms with van der Waals surface area (Å²) in [4.78, 5) is 37.2. The van der Waals surface area contributed by atoms with Crippen LogP contribution in [0.4, 0.5) is 5.69 Å². The highest BCUT2D eigenvalue weighted by atomic mass is 32.2. The Morgan fingerprint density at radius 3 is 2.51 bits per heavy atom.